The number of esters is 2. The van der Waals surface area contributed by atoms with Crippen LogP contribution in [0.3, 0.4) is 0 Å². The van der Waals surface area contributed by atoms with Gasteiger partial charge in [-0.05, 0) is 13.8 Å². The minimum absolute atomic E-state index is 0.307. The maximum Gasteiger partial charge on any atom is 0.460 e. The lowest BCUT2D eigenvalue weighted by molar-refractivity contribution is -0.435. The summed E-state index contributed by atoms with van der Waals surface area (Å²) in [4.78, 5) is 22.2. The number of aliphatic hydroxyl groups is 2. The zero-order valence-corrected chi connectivity index (χ0v) is 24.6. The standard InChI is InChI=1S/C13H8F16O3.C10H9F7O3/c1-3(2)4(30)32-5(8(16,17)7(31,6(14)15)12(24,25)26)9(18,19)10(20,21)11(22,23)13(27,28)29;1-4(2)6(18)20-5-3-7(11,12)9(19,8(5,13)14)10(15,16)17/h5-6,31H,1H2,2H3;5,19H,1,3H2,2H3. The number of carbonyl (C=O) groups excluding carboxylic acids is 2. The lowest BCUT2D eigenvalue weighted by atomic mass is 9.84. The number of hydrogen-bond acceptors (Lipinski definition) is 6. The highest BCUT2D eigenvalue weighted by Gasteiger charge is 2.90. The number of alkyl halides is 23. The van der Waals surface area contributed by atoms with Crippen LogP contribution in [-0.4, -0.2) is 106 Å². The van der Waals surface area contributed by atoms with E-state index in [9.17, 15) is 111 Å². The summed E-state index contributed by atoms with van der Waals surface area (Å²) in [5, 5.41) is 17.6. The molecule has 0 aliphatic heterocycles. The Labute approximate surface area is 271 Å². The molecule has 0 aromatic rings. The predicted molar refractivity (Wildman–Crippen MR) is 118 cm³/mol. The summed E-state index contributed by atoms with van der Waals surface area (Å²) < 4.78 is 306. The van der Waals surface area contributed by atoms with Crippen LogP contribution >= 0.6 is 0 Å². The second-order valence-electron chi connectivity index (χ2n) is 10.4. The molecule has 6 nitrogen and oxygen atoms in total. The normalized spacial score (nSPS) is 23.2. The Bertz CT molecular complexity index is 1360. The highest BCUT2D eigenvalue weighted by molar-refractivity contribution is 5.87. The summed E-state index contributed by atoms with van der Waals surface area (Å²) in [6.45, 7) is 6.73. The SMILES string of the molecule is C=C(C)C(=O)OC(C(F)(F)C(F)(F)C(F)(F)C(F)(F)F)C(F)(F)C(O)(C(F)F)C(F)(F)F.C=C(C)C(=O)OC1CC(F)(F)C(O)(C(F)(F)F)C1(F)F. The summed E-state index contributed by atoms with van der Waals surface area (Å²) >= 11 is 0. The fraction of sp³-hybridized carbons (Fsp3) is 0.739. The topological polar surface area (TPSA) is 93.1 Å². The largest absolute Gasteiger partial charge is 0.460 e. The van der Waals surface area contributed by atoms with Crippen molar-refractivity contribution in [2.24, 2.45) is 0 Å². The first-order valence-corrected chi connectivity index (χ1v) is 12.3. The first kappa shape index (κ1) is 48.7. The van der Waals surface area contributed by atoms with Gasteiger partial charge in [0.25, 0.3) is 23.6 Å². The van der Waals surface area contributed by atoms with Crippen LogP contribution in [0.4, 0.5) is 101 Å². The molecule has 1 rings (SSSR count). The average molecular weight is 826 g/mol. The number of hydrogen-bond donors (Lipinski definition) is 2. The van der Waals surface area contributed by atoms with Crippen molar-refractivity contribution in [3.05, 3.63) is 24.3 Å². The van der Waals surface area contributed by atoms with E-state index < -0.39 is 113 Å². The first-order chi connectivity index (χ1) is 22.3. The van der Waals surface area contributed by atoms with Crippen LogP contribution in [0, 0.1) is 0 Å². The van der Waals surface area contributed by atoms with Gasteiger partial charge in [0.2, 0.25) is 6.10 Å². The minimum atomic E-state index is -8.14. The number of carbonyl (C=O) groups is 2. The van der Waals surface area contributed by atoms with Crippen LogP contribution in [0.5, 0.6) is 0 Å². The Morgan fingerprint density at radius 2 is 1.08 bits per heavy atom. The highest BCUT2D eigenvalue weighted by Crippen LogP contribution is 2.61. The van der Waals surface area contributed by atoms with Crippen LogP contribution in [-0.2, 0) is 19.1 Å². The lowest BCUT2D eigenvalue weighted by Crippen LogP contribution is -2.75. The molecule has 0 amide bonds. The molecule has 0 spiro atoms. The maximum atomic E-state index is 14.1. The molecule has 0 bridgehead atoms. The van der Waals surface area contributed by atoms with Gasteiger partial charge in [-0.3, -0.25) is 0 Å². The third-order valence-electron chi connectivity index (χ3n) is 6.52. The van der Waals surface area contributed by atoms with E-state index in [-0.39, 0.29) is 0 Å². The summed E-state index contributed by atoms with van der Waals surface area (Å²) in [5.74, 6) is -46.6. The van der Waals surface area contributed by atoms with E-state index in [4.69, 9.17) is 10.2 Å². The van der Waals surface area contributed by atoms with Gasteiger partial charge in [-0.25, -0.2) is 27.2 Å². The number of halogens is 23. The summed E-state index contributed by atoms with van der Waals surface area (Å²) in [5.41, 5.74) is -14.6. The van der Waals surface area contributed by atoms with Crippen molar-refractivity contribution in [1.29, 1.82) is 0 Å². The van der Waals surface area contributed by atoms with Crippen LogP contribution < -0.4 is 0 Å². The third kappa shape index (κ3) is 7.56. The van der Waals surface area contributed by atoms with Gasteiger partial charge in [-0.15, -0.1) is 0 Å². The fourth-order valence-corrected chi connectivity index (χ4v) is 3.52. The maximum absolute atomic E-state index is 14.1. The van der Waals surface area contributed by atoms with E-state index in [2.05, 4.69) is 22.6 Å². The molecular weight excluding hydrogens is 809 g/mol. The van der Waals surface area contributed by atoms with Gasteiger partial charge >= 0.3 is 60.1 Å². The lowest BCUT2D eigenvalue weighted by Gasteiger charge is -2.44. The third-order valence-corrected chi connectivity index (χ3v) is 6.52. The molecule has 1 aliphatic carbocycles. The van der Waals surface area contributed by atoms with E-state index in [0.29, 0.717) is 6.92 Å². The van der Waals surface area contributed by atoms with Crippen molar-refractivity contribution in [3.63, 3.8) is 0 Å². The predicted octanol–water partition coefficient (Wildman–Crippen LogP) is 7.58. The molecule has 52 heavy (non-hydrogen) atoms. The Hall–Kier alpha value is -3.27. The molecule has 1 aliphatic rings. The van der Waals surface area contributed by atoms with Gasteiger partial charge in [0.15, 0.2) is 6.10 Å². The number of rotatable bonds is 10. The molecule has 1 fully saturated rings. The van der Waals surface area contributed by atoms with Crippen LogP contribution in [0.1, 0.15) is 20.3 Å². The Kier molecular flexibility index (Phi) is 13.0. The van der Waals surface area contributed by atoms with Crippen molar-refractivity contribution < 1.29 is 130 Å². The van der Waals surface area contributed by atoms with E-state index in [1.165, 1.54) is 0 Å². The highest BCUT2D eigenvalue weighted by atomic mass is 19.4. The van der Waals surface area contributed by atoms with Crippen LogP contribution in [0.15, 0.2) is 24.3 Å². The van der Waals surface area contributed by atoms with Crippen molar-refractivity contribution in [2.45, 2.75) is 104 Å². The molecule has 29 heteroatoms. The molecule has 1 saturated carbocycles. The van der Waals surface area contributed by atoms with Gasteiger partial charge in [0.1, 0.15) is 0 Å². The van der Waals surface area contributed by atoms with Crippen molar-refractivity contribution >= 4 is 11.9 Å². The Morgan fingerprint density at radius 1 is 0.692 bits per heavy atom. The molecule has 4 atom stereocenters. The molecular formula is C23H17F23O6. The second-order valence-corrected chi connectivity index (χ2v) is 10.4. The van der Waals surface area contributed by atoms with Gasteiger partial charge < -0.3 is 19.7 Å². The van der Waals surface area contributed by atoms with Crippen molar-refractivity contribution in [2.75, 3.05) is 0 Å². The van der Waals surface area contributed by atoms with E-state index >= 15 is 0 Å². The van der Waals surface area contributed by atoms with E-state index in [1.807, 2.05) is 0 Å². The first-order valence-electron chi connectivity index (χ1n) is 12.3. The molecule has 0 aromatic carbocycles. The molecule has 0 radical (unpaired) electrons. The molecule has 0 saturated heterocycles. The van der Waals surface area contributed by atoms with E-state index in [1.54, 1.807) is 0 Å². The van der Waals surface area contributed by atoms with Gasteiger partial charge in [-0.1, -0.05) is 13.2 Å². The summed E-state index contributed by atoms with van der Waals surface area (Å²) in [6.07, 6.45) is -38.7. The Morgan fingerprint density at radius 3 is 1.35 bits per heavy atom. The molecule has 4 unspecified atom stereocenters. The van der Waals surface area contributed by atoms with Gasteiger partial charge in [0.05, 0.1) is 6.42 Å². The molecule has 0 heterocycles. The smallest absolute Gasteiger partial charge is 0.452 e. The van der Waals surface area contributed by atoms with Gasteiger partial charge in [-0.2, -0.15) is 83.4 Å². The van der Waals surface area contributed by atoms with Crippen molar-refractivity contribution in [1.82, 2.24) is 0 Å². The van der Waals surface area contributed by atoms with Crippen LogP contribution in [0.2, 0.25) is 0 Å². The quantitative estimate of drug-likeness (QED) is 0.134. The second kappa shape index (κ2) is 13.9. The Balaban J connectivity index is 0.00000111. The monoisotopic (exact) mass is 826 g/mol. The summed E-state index contributed by atoms with van der Waals surface area (Å²) in [7, 11) is 0. The molecule has 2 N–H and O–H groups in total. The van der Waals surface area contributed by atoms with E-state index in [0.717, 1.165) is 6.92 Å². The summed E-state index contributed by atoms with van der Waals surface area (Å²) in [6, 6.07) is 0. The molecule has 0 aromatic heterocycles. The minimum Gasteiger partial charge on any atom is -0.452 e. The van der Waals surface area contributed by atoms with Crippen molar-refractivity contribution in [3.8, 4) is 0 Å². The van der Waals surface area contributed by atoms with Crippen LogP contribution in [0.25, 0.3) is 0 Å². The molecule has 306 valence electrons. The fourth-order valence-electron chi connectivity index (χ4n) is 3.52. The zero-order chi connectivity index (χ0) is 42.7. The zero-order valence-electron chi connectivity index (χ0n) is 24.6. The van der Waals surface area contributed by atoms with Gasteiger partial charge in [0, 0.05) is 11.1 Å². The number of ether oxygens (including phenoxy) is 2. The average Bonchev–Trinajstić information content (AvgIpc) is 3.05.